The van der Waals surface area contributed by atoms with Crippen LogP contribution in [0.4, 0.5) is 0 Å². The molecule has 0 bridgehead atoms. The van der Waals surface area contributed by atoms with Gasteiger partial charge in [-0.15, -0.1) is 0 Å². The second-order valence-corrected chi connectivity index (χ2v) is 6.95. The van der Waals surface area contributed by atoms with Crippen LogP contribution in [0.3, 0.4) is 0 Å². The van der Waals surface area contributed by atoms with Gasteiger partial charge < -0.3 is 14.8 Å². The molecule has 0 radical (unpaired) electrons. The molecule has 5 nitrogen and oxygen atoms in total. The Balaban J connectivity index is 1.45. The molecule has 0 aliphatic rings. The first-order valence-corrected chi connectivity index (χ1v) is 9.83. The zero-order valence-corrected chi connectivity index (χ0v) is 16.9. The molecule has 3 rings (SSSR count). The Kier molecular flexibility index (Phi) is 7.61. The second kappa shape index (κ2) is 10.8. The lowest BCUT2D eigenvalue weighted by molar-refractivity contribution is -0.128. The summed E-state index contributed by atoms with van der Waals surface area (Å²) in [7, 11) is 0. The van der Waals surface area contributed by atoms with E-state index in [1.807, 2.05) is 60.7 Å². The summed E-state index contributed by atoms with van der Waals surface area (Å²) in [5, 5.41) is 2.75. The van der Waals surface area contributed by atoms with Crippen LogP contribution in [0.2, 0.25) is 0 Å². The molecule has 30 heavy (non-hydrogen) atoms. The molecule has 0 saturated carbocycles. The molecular weight excluding hydrogens is 378 g/mol. The molecule has 1 amide bonds. The maximum Gasteiger partial charge on any atom is 0.258 e. The number of nitrogens with one attached hydrogen (secondary N) is 1. The molecule has 5 heteroatoms. The first kappa shape index (κ1) is 21.1. The molecule has 0 fully saturated rings. The van der Waals surface area contributed by atoms with E-state index < -0.39 is 6.04 Å². The number of carbonyl (C=O) groups excluding carboxylic acids is 2. The molecular formula is C25H25NO4. The van der Waals surface area contributed by atoms with Crippen LogP contribution in [0.1, 0.15) is 18.1 Å². The van der Waals surface area contributed by atoms with E-state index >= 15 is 0 Å². The average molecular weight is 403 g/mol. The summed E-state index contributed by atoms with van der Waals surface area (Å²) in [6.45, 7) is 1.79. The van der Waals surface area contributed by atoms with Gasteiger partial charge in [0.1, 0.15) is 18.1 Å². The van der Waals surface area contributed by atoms with Crippen LogP contribution >= 0.6 is 0 Å². The standard InChI is InChI=1S/C25H25NO4/c1-19(27)24(16-20-8-4-2-5-9-20)26-25(28)18-30-23-14-12-22(13-15-23)29-17-21-10-6-3-7-11-21/h2-15,24H,16-18H2,1H3,(H,26,28)/t24-/m1/s1. The first-order valence-electron chi connectivity index (χ1n) is 9.83. The Labute approximate surface area is 176 Å². The highest BCUT2D eigenvalue weighted by molar-refractivity contribution is 5.88. The van der Waals surface area contributed by atoms with Gasteiger partial charge in [0.05, 0.1) is 6.04 Å². The highest BCUT2D eigenvalue weighted by Crippen LogP contribution is 2.18. The molecule has 0 aromatic heterocycles. The van der Waals surface area contributed by atoms with E-state index in [1.54, 1.807) is 24.3 Å². The number of ether oxygens (including phenoxy) is 2. The van der Waals surface area contributed by atoms with Crippen LogP contribution < -0.4 is 14.8 Å². The van der Waals surface area contributed by atoms with E-state index in [0.29, 0.717) is 18.8 Å². The molecule has 0 unspecified atom stereocenters. The van der Waals surface area contributed by atoms with Crippen molar-refractivity contribution in [3.05, 3.63) is 96.1 Å². The van der Waals surface area contributed by atoms with Gasteiger partial charge in [0.2, 0.25) is 0 Å². The van der Waals surface area contributed by atoms with E-state index in [-0.39, 0.29) is 18.3 Å². The molecule has 0 saturated heterocycles. The number of rotatable bonds is 10. The van der Waals surface area contributed by atoms with Gasteiger partial charge in [0, 0.05) is 0 Å². The van der Waals surface area contributed by atoms with Gasteiger partial charge in [-0.3, -0.25) is 9.59 Å². The molecule has 0 heterocycles. The van der Waals surface area contributed by atoms with Crippen LogP contribution in [0, 0.1) is 0 Å². The molecule has 0 aliphatic carbocycles. The number of Topliss-reactive ketones (excluding diaryl/α,β-unsaturated/α-hetero) is 1. The van der Waals surface area contributed by atoms with Gasteiger partial charge in [0.15, 0.2) is 12.4 Å². The number of amides is 1. The molecule has 154 valence electrons. The van der Waals surface area contributed by atoms with Crippen LogP contribution in [-0.4, -0.2) is 24.3 Å². The van der Waals surface area contributed by atoms with Crippen molar-refractivity contribution < 1.29 is 19.1 Å². The number of benzene rings is 3. The third-order valence-corrected chi connectivity index (χ3v) is 4.55. The summed E-state index contributed by atoms with van der Waals surface area (Å²) in [4.78, 5) is 24.1. The van der Waals surface area contributed by atoms with E-state index in [9.17, 15) is 9.59 Å². The minimum Gasteiger partial charge on any atom is -0.489 e. The van der Waals surface area contributed by atoms with Crippen molar-refractivity contribution in [3.63, 3.8) is 0 Å². The van der Waals surface area contributed by atoms with Crippen molar-refractivity contribution in [3.8, 4) is 11.5 Å². The maximum absolute atomic E-state index is 12.2. The van der Waals surface area contributed by atoms with E-state index in [2.05, 4.69) is 5.32 Å². The maximum atomic E-state index is 12.2. The van der Waals surface area contributed by atoms with Crippen molar-refractivity contribution in [1.29, 1.82) is 0 Å². The first-order chi connectivity index (χ1) is 14.6. The molecule has 0 spiro atoms. The van der Waals surface area contributed by atoms with Gasteiger partial charge in [0.25, 0.3) is 5.91 Å². The highest BCUT2D eigenvalue weighted by Gasteiger charge is 2.17. The molecule has 3 aromatic rings. The van der Waals surface area contributed by atoms with Gasteiger partial charge in [-0.2, -0.15) is 0 Å². The predicted octanol–water partition coefficient (Wildman–Crippen LogP) is 3.96. The van der Waals surface area contributed by atoms with E-state index in [1.165, 1.54) is 6.92 Å². The summed E-state index contributed by atoms with van der Waals surface area (Å²) in [5.41, 5.74) is 2.08. The lowest BCUT2D eigenvalue weighted by atomic mass is 10.0. The second-order valence-electron chi connectivity index (χ2n) is 6.95. The Morgan fingerprint density at radius 3 is 1.87 bits per heavy atom. The van der Waals surface area contributed by atoms with Crippen molar-refractivity contribution in [2.24, 2.45) is 0 Å². The van der Waals surface area contributed by atoms with Crippen molar-refractivity contribution >= 4 is 11.7 Å². The minimum absolute atomic E-state index is 0.0906. The third kappa shape index (κ3) is 6.78. The van der Waals surface area contributed by atoms with Gasteiger partial charge in [-0.1, -0.05) is 60.7 Å². The van der Waals surface area contributed by atoms with Crippen LogP contribution in [-0.2, 0) is 22.6 Å². The third-order valence-electron chi connectivity index (χ3n) is 4.55. The largest absolute Gasteiger partial charge is 0.489 e. The molecule has 1 N–H and O–H groups in total. The fourth-order valence-electron chi connectivity index (χ4n) is 2.90. The van der Waals surface area contributed by atoms with Crippen molar-refractivity contribution in [2.45, 2.75) is 26.0 Å². The SMILES string of the molecule is CC(=O)[C@@H](Cc1ccccc1)NC(=O)COc1ccc(OCc2ccccc2)cc1. The fourth-order valence-corrected chi connectivity index (χ4v) is 2.90. The number of carbonyl (C=O) groups is 2. The lowest BCUT2D eigenvalue weighted by Gasteiger charge is -2.16. The zero-order valence-electron chi connectivity index (χ0n) is 16.9. The summed E-state index contributed by atoms with van der Waals surface area (Å²) in [6.07, 6.45) is 0.454. The van der Waals surface area contributed by atoms with Crippen molar-refractivity contribution in [2.75, 3.05) is 6.61 Å². The molecule has 1 atom stereocenters. The predicted molar refractivity (Wildman–Crippen MR) is 115 cm³/mol. The monoisotopic (exact) mass is 403 g/mol. The quantitative estimate of drug-likeness (QED) is 0.557. The Morgan fingerprint density at radius 1 is 0.767 bits per heavy atom. The normalized spacial score (nSPS) is 11.4. The number of hydrogen-bond acceptors (Lipinski definition) is 4. The van der Waals surface area contributed by atoms with Gasteiger partial charge in [-0.05, 0) is 48.7 Å². The zero-order chi connectivity index (χ0) is 21.2. The van der Waals surface area contributed by atoms with E-state index in [0.717, 1.165) is 16.9 Å². The van der Waals surface area contributed by atoms with Crippen molar-refractivity contribution in [1.82, 2.24) is 5.32 Å². The fraction of sp³-hybridized carbons (Fsp3) is 0.200. The van der Waals surface area contributed by atoms with Crippen LogP contribution in [0.5, 0.6) is 11.5 Å². The Morgan fingerprint density at radius 2 is 1.30 bits per heavy atom. The number of ketones is 1. The summed E-state index contributed by atoms with van der Waals surface area (Å²) < 4.78 is 11.3. The average Bonchev–Trinajstić information content (AvgIpc) is 2.78. The van der Waals surface area contributed by atoms with Gasteiger partial charge >= 0.3 is 0 Å². The highest BCUT2D eigenvalue weighted by atomic mass is 16.5. The topological polar surface area (TPSA) is 64.6 Å². The molecule has 0 aliphatic heterocycles. The summed E-state index contributed by atoms with van der Waals surface area (Å²) in [6, 6.07) is 26.0. The van der Waals surface area contributed by atoms with Gasteiger partial charge in [-0.25, -0.2) is 0 Å². The van der Waals surface area contributed by atoms with Crippen LogP contribution in [0.15, 0.2) is 84.9 Å². The summed E-state index contributed by atoms with van der Waals surface area (Å²) >= 11 is 0. The Hall–Kier alpha value is -3.60. The van der Waals surface area contributed by atoms with Crippen LogP contribution in [0.25, 0.3) is 0 Å². The van der Waals surface area contributed by atoms with E-state index in [4.69, 9.17) is 9.47 Å². The molecule has 3 aromatic carbocycles. The summed E-state index contributed by atoms with van der Waals surface area (Å²) in [5.74, 6) is 0.845. The smallest absolute Gasteiger partial charge is 0.258 e. The lowest BCUT2D eigenvalue weighted by Crippen LogP contribution is -2.43. The Bertz CT molecular complexity index is 940. The number of hydrogen-bond donors (Lipinski definition) is 1. The minimum atomic E-state index is -0.572.